The van der Waals surface area contributed by atoms with Gasteiger partial charge >= 0.3 is 0 Å². The van der Waals surface area contributed by atoms with Crippen molar-refractivity contribution in [3.8, 4) is 5.75 Å². The summed E-state index contributed by atoms with van der Waals surface area (Å²) in [5.74, 6) is 0.513. The van der Waals surface area contributed by atoms with Crippen LogP contribution in [-0.2, 0) is 0 Å². The smallest absolute Gasteiger partial charge is 0.262 e. The van der Waals surface area contributed by atoms with Gasteiger partial charge in [0.05, 0.1) is 7.11 Å². The first-order valence-electron chi connectivity index (χ1n) is 7.40. The van der Waals surface area contributed by atoms with Crippen molar-refractivity contribution in [2.45, 2.75) is 18.9 Å². The molecule has 0 radical (unpaired) electrons. The molecule has 0 saturated heterocycles. The molecule has 0 spiro atoms. The molecule has 0 fully saturated rings. The molecule has 0 atom stereocenters. The number of carbonyl (C=O) groups excluding carboxylic acids is 1. The Kier molecular flexibility index (Phi) is 4.44. The average molecular weight is 342 g/mol. The van der Waals surface area contributed by atoms with Gasteiger partial charge in [-0.1, -0.05) is 0 Å². The van der Waals surface area contributed by atoms with Gasteiger partial charge in [0.1, 0.15) is 16.3 Å². The number of benzene rings is 1. The lowest BCUT2D eigenvalue weighted by Crippen LogP contribution is -2.13. The molecule has 1 N–H and O–H groups in total. The van der Waals surface area contributed by atoms with Crippen LogP contribution in [0.15, 0.2) is 35.4 Å². The summed E-state index contributed by atoms with van der Waals surface area (Å²) in [6.45, 7) is 3.86. The van der Waals surface area contributed by atoms with Crippen molar-refractivity contribution in [1.82, 2.24) is 14.6 Å². The molecule has 2 heterocycles. The first-order valence-corrected chi connectivity index (χ1v) is 8.62. The fraction of sp³-hybridized carbons (Fsp3) is 0.235. The van der Waals surface area contributed by atoms with Gasteiger partial charge < -0.3 is 10.1 Å². The predicted molar refractivity (Wildman–Crippen MR) is 95.2 cm³/mol. The van der Waals surface area contributed by atoms with E-state index in [9.17, 15) is 4.79 Å². The Labute approximate surface area is 144 Å². The minimum absolute atomic E-state index is 0.225. The van der Waals surface area contributed by atoms with E-state index in [1.807, 2.05) is 26.2 Å². The Morgan fingerprint density at radius 3 is 2.58 bits per heavy atom. The van der Waals surface area contributed by atoms with Crippen LogP contribution in [0.2, 0.25) is 0 Å². The third-order valence-corrected chi connectivity index (χ3v) is 4.30. The van der Waals surface area contributed by atoms with Crippen LogP contribution < -0.4 is 10.1 Å². The van der Waals surface area contributed by atoms with Gasteiger partial charge in [0, 0.05) is 17.1 Å². The first kappa shape index (κ1) is 16.3. The third-order valence-electron chi connectivity index (χ3n) is 3.63. The number of hydrogen-bond donors (Lipinski definition) is 1. The molecule has 1 amide bonds. The summed E-state index contributed by atoms with van der Waals surface area (Å²) in [5, 5.41) is 8.05. The van der Waals surface area contributed by atoms with Gasteiger partial charge in [-0.3, -0.25) is 4.79 Å². The maximum Gasteiger partial charge on any atom is 0.262 e. The van der Waals surface area contributed by atoms with E-state index in [0.717, 1.165) is 17.1 Å². The zero-order valence-electron chi connectivity index (χ0n) is 14.0. The second-order valence-electron chi connectivity index (χ2n) is 5.34. The molecule has 0 unspecified atom stereocenters. The van der Waals surface area contributed by atoms with Gasteiger partial charge in [-0.05, 0) is 50.4 Å². The molecule has 0 saturated carbocycles. The van der Waals surface area contributed by atoms with Crippen LogP contribution in [-0.4, -0.2) is 33.9 Å². The van der Waals surface area contributed by atoms with Crippen molar-refractivity contribution in [3.05, 3.63) is 47.3 Å². The largest absolute Gasteiger partial charge is 0.497 e. The predicted octanol–water partition coefficient (Wildman–Crippen LogP) is 3.33. The fourth-order valence-electron chi connectivity index (χ4n) is 2.51. The molecule has 24 heavy (non-hydrogen) atoms. The Morgan fingerprint density at radius 2 is 1.96 bits per heavy atom. The van der Waals surface area contributed by atoms with E-state index in [1.54, 1.807) is 35.9 Å². The van der Waals surface area contributed by atoms with Gasteiger partial charge in [0.2, 0.25) is 0 Å². The van der Waals surface area contributed by atoms with E-state index in [4.69, 9.17) is 4.74 Å². The van der Waals surface area contributed by atoms with Crippen LogP contribution in [0, 0.1) is 13.8 Å². The molecule has 0 aliphatic carbocycles. The maximum absolute atomic E-state index is 12.8. The molecular weight excluding hydrogens is 324 g/mol. The van der Waals surface area contributed by atoms with E-state index < -0.39 is 0 Å². The number of rotatable bonds is 4. The number of anilines is 1. The number of nitrogens with one attached hydrogen (secondary N) is 1. The summed E-state index contributed by atoms with van der Waals surface area (Å²) in [7, 11) is 1.60. The van der Waals surface area contributed by atoms with Gasteiger partial charge in [-0.15, -0.1) is 11.8 Å². The Balaban J connectivity index is 2.02. The van der Waals surface area contributed by atoms with Crippen molar-refractivity contribution in [3.63, 3.8) is 0 Å². The Bertz CT molecular complexity index is 903. The van der Waals surface area contributed by atoms with Crippen molar-refractivity contribution < 1.29 is 9.53 Å². The number of thioether (sulfide) groups is 1. The maximum atomic E-state index is 12.8. The van der Waals surface area contributed by atoms with Crippen LogP contribution in [0.4, 0.5) is 5.69 Å². The van der Waals surface area contributed by atoms with Gasteiger partial charge in [0.25, 0.3) is 5.91 Å². The SMILES string of the molecule is COc1ccc(NC(=O)c2c(SC)nn3c(C)cc(C)nc23)cc1. The molecule has 3 rings (SSSR count). The van der Waals surface area contributed by atoms with Gasteiger partial charge in [0.15, 0.2) is 5.65 Å². The zero-order valence-corrected chi connectivity index (χ0v) is 14.8. The van der Waals surface area contributed by atoms with Crippen LogP contribution in [0.5, 0.6) is 5.75 Å². The monoisotopic (exact) mass is 342 g/mol. The number of methoxy groups -OCH3 is 1. The highest BCUT2D eigenvalue weighted by atomic mass is 32.2. The number of ether oxygens (including phenoxy) is 1. The highest BCUT2D eigenvalue weighted by molar-refractivity contribution is 7.98. The normalized spacial score (nSPS) is 10.8. The minimum Gasteiger partial charge on any atom is -0.497 e. The van der Waals surface area contributed by atoms with Crippen LogP contribution in [0.25, 0.3) is 5.65 Å². The summed E-state index contributed by atoms with van der Waals surface area (Å²) in [6.07, 6.45) is 1.90. The lowest BCUT2D eigenvalue weighted by atomic mass is 10.2. The highest BCUT2D eigenvalue weighted by Gasteiger charge is 2.22. The molecule has 124 valence electrons. The molecule has 2 aromatic heterocycles. The molecule has 3 aromatic rings. The van der Waals surface area contributed by atoms with Crippen molar-refractivity contribution in [2.75, 3.05) is 18.7 Å². The lowest BCUT2D eigenvalue weighted by molar-refractivity contribution is 0.102. The number of aryl methyl sites for hydroxylation is 2. The Morgan fingerprint density at radius 1 is 1.25 bits per heavy atom. The molecular formula is C17H18N4O2S. The molecule has 0 aliphatic heterocycles. The van der Waals surface area contributed by atoms with Crippen molar-refractivity contribution >= 4 is 29.0 Å². The third kappa shape index (κ3) is 2.94. The number of nitrogens with zero attached hydrogens (tertiary/aromatic N) is 3. The van der Waals surface area contributed by atoms with Crippen molar-refractivity contribution in [1.29, 1.82) is 0 Å². The minimum atomic E-state index is -0.225. The molecule has 1 aromatic carbocycles. The average Bonchev–Trinajstić information content (AvgIpc) is 2.94. The summed E-state index contributed by atoms with van der Waals surface area (Å²) in [4.78, 5) is 17.3. The number of fused-ring (bicyclic) bond motifs is 1. The lowest BCUT2D eigenvalue weighted by Gasteiger charge is -2.06. The quantitative estimate of drug-likeness (QED) is 0.737. The van der Waals surface area contributed by atoms with E-state index >= 15 is 0 Å². The van der Waals surface area contributed by atoms with E-state index in [1.165, 1.54) is 11.8 Å². The summed E-state index contributed by atoms with van der Waals surface area (Å²) >= 11 is 1.43. The molecule has 0 aliphatic rings. The summed E-state index contributed by atoms with van der Waals surface area (Å²) in [6, 6.07) is 9.13. The topological polar surface area (TPSA) is 68.5 Å². The first-order chi connectivity index (χ1) is 11.5. The standard InChI is InChI=1S/C17H18N4O2S/c1-10-9-11(2)21-15(18-10)14(17(20-21)24-4)16(22)19-12-5-7-13(23-3)8-6-12/h5-9H,1-4H3,(H,19,22). The van der Waals surface area contributed by atoms with Crippen LogP contribution >= 0.6 is 11.8 Å². The number of hydrogen-bond acceptors (Lipinski definition) is 5. The van der Waals surface area contributed by atoms with E-state index in [-0.39, 0.29) is 5.91 Å². The van der Waals surface area contributed by atoms with Gasteiger partial charge in [-0.25, -0.2) is 9.50 Å². The zero-order chi connectivity index (χ0) is 17.3. The second-order valence-corrected chi connectivity index (χ2v) is 6.14. The number of aromatic nitrogens is 3. The number of carbonyl (C=O) groups is 1. The molecule has 7 heteroatoms. The summed E-state index contributed by atoms with van der Waals surface area (Å²) < 4.78 is 6.84. The van der Waals surface area contributed by atoms with E-state index in [2.05, 4.69) is 15.4 Å². The van der Waals surface area contributed by atoms with Crippen LogP contribution in [0.3, 0.4) is 0 Å². The van der Waals surface area contributed by atoms with E-state index in [0.29, 0.717) is 21.9 Å². The summed E-state index contributed by atoms with van der Waals surface area (Å²) in [5.41, 5.74) is 3.55. The van der Waals surface area contributed by atoms with Gasteiger partial charge in [-0.2, -0.15) is 5.10 Å². The second kappa shape index (κ2) is 6.52. The molecule has 0 bridgehead atoms. The highest BCUT2D eigenvalue weighted by Crippen LogP contribution is 2.25. The Hall–Kier alpha value is -2.54. The molecule has 6 nitrogen and oxygen atoms in total. The van der Waals surface area contributed by atoms with Crippen molar-refractivity contribution in [2.24, 2.45) is 0 Å². The van der Waals surface area contributed by atoms with Crippen LogP contribution in [0.1, 0.15) is 21.7 Å². The fourth-order valence-corrected chi connectivity index (χ4v) is 3.06. The number of amides is 1.